The van der Waals surface area contributed by atoms with Crippen LogP contribution in [-0.4, -0.2) is 31.2 Å². The Morgan fingerprint density at radius 2 is 1.24 bits per heavy atom. The summed E-state index contributed by atoms with van der Waals surface area (Å²) in [6.07, 6.45) is 1.33. The van der Waals surface area contributed by atoms with E-state index in [1.807, 2.05) is 133 Å². The molecule has 46 heavy (non-hydrogen) atoms. The molecule has 0 saturated carbocycles. The Hall–Kier alpha value is -5.00. The number of nitrogens with one attached hydrogen (secondary N) is 2. The van der Waals surface area contributed by atoms with E-state index in [-0.39, 0.29) is 6.17 Å². The maximum absolute atomic E-state index is 18.6. The van der Waals surface area contributed by atoms with Gasteiger partial charge in [-0.15, -0.1) is 0 Å². The average molecular weight is 632 g/mol. The van der Waals surface area contributed by atoms with E-state index in [4.69, 9.17) is 10.5 Å². The quantitative estimate of drug-likeness (QED) is 0.117. The van der Waals surface area contributed by atoms with E-state index >= 15 is 4.20 Å². The molecule has 0 radical (unpaired) electrons. The number of nitrogens with two attached hydrogens (primary N) is 1. The van der Waals surface area contributed by atoms with Crippen molar-refractivity contribution in [2.45, 2.75) is 19.0 Å². The van der Waals surface area contributed by atoms with Gasteiger partial charge in [-0.25, -0.2) is 0 Å². The van der Waals surface area contributed by atoms with E-state index in [0.717, 1.165) is 27.9 Å². The Morgan fingerprint density at radius 1 is 0.717 bits per heavy atom. The summed E-state index contributed by atoms with van der Waals surface area (Å²) in [4.78, 5) is 9.15. The molecule has 0 fully saturated rings. The summed E-state index contributed by atoms with van der Waals surface area (Å²) < 4.78 is 24.8. The molecule has 1 aliphatic rings. The molecule has 234 valence electrons. The van der Waals surface area contributed by atoms with Gasteiger partial charge < -0.3 is 0 Å². The Bertz CT molecular complexity index is 1670. The topological polar surface area (TPSA) is 84.0 Å². The molecule has 0 bridgehead atoms. The number of nitrogens with zero attached hydrogens (tertiary/aromatic N) is 2. The van der Waals surface area contributed by atoms with Gasteiger partial charge in [0.15, 0.2) is 0 Å². The Labute approximate surface area is 270 Å². The van der Waals surface area contributed by atoms with Crippen LogP contribution in [0.3, 0.4) is 0 Å². The third-order valence-corrected chi connectivity index (χ3v) is 13.7. The van der Waals surface area contributed by atoms with Gasteiger partial charge >= 0.3 is 222 Å². The van der Waals surface area contributed by atoms with Gasteiger partial charge in [-0.2, -0.15) is 0 Å². The molecule has 0 amide bonds. The minimum Gasteiger partial charge on any atom is -0.0622 e. The second-order valence-electron chi connectivity index (χ2n) is 11.3. The fraction of sp³-hybridized carbons (Fsp3) is 0.158. The van der Waals surface area contributed by atoms with Gasteiger partial charge in [0.25, 0.3) is 0 Å². The Kier molecular flexibility index (Phi) is 9.41. The molecule has 6 rings (SSSR count). The minimum absolute atomic E-state index is 0.310. The van der Waals surface area contributed by atoms with Gasteiger partial charge in [-0.1, -0.05) is 30.3 Å². The fourth-order valence-electron chi connectivity index (χ4n) is 6.02. The van der Waals surface area contributed by atoms with E-state index < -0.39 is 6.91 Å². The molecule has 4 N–H and O–H groups in total. The van der Waals surface area contributed by atoms with E-state index in [1.165, 1.54) is 5.56 Å². The zero-order valence-electron chi connectivity index (χ0n) is 25.7. The summed E-state index contributed by atoms with van der Waals surface area (Å²) in [6.45, 7) is -3.29. The van der Waals surface area contributed by atoms with Crippen molar-refractivity contribution in [2.75, 3.05) is 19.3 Å². The maximum atomic E-state index is 18.6. The molecular weight excluding hydrogens is 592 g/mol. The summed E-state index contributed by atoms with van der Waals surface area (Å²) in [5.74, 6) is 1.62. The van der Waals surface area contributed by atoms with E-state index in [1.54, 1.807) is 0 Å². The van der Waals surface area contributed by atoms with Crippen LogP contribution in [0.15, 0.2) is 156 Å². The molecule has 1 unspecified atom stereocenters. The van der Waals surface area contributed by atoms with Crippen LogP contribution in [0.4, 0.5) is 4.20 Å². The number of guanidine groups is 2. The number of aliphatic imine (C=N–C) groups is 2. The first-order valence-electron chi connectivity index (χ1n) is 15.6. The van der Waals surface area contributed by atoms with Crippen LogP contribution in [0.2, 0.25) is 0 Å². The molecule has 0 saturated heterocycles. The number of halogens is 1. The van der Waals surface area contributed by atoms with Crippen molar-refractivity contribution in [1.29, 1.82) is 0 Å². The molecule has 0 spiro atoms. The first-order chi connectivity index (χ1) is 22.5. The summed E-state index contributed by atoms with van der Waals surface area (Å²) in [5.41, 5.74) is 8.24. The smallest absolute Gasteiger partial charge is 0.0622 e. The van der Waals surface area contributed by atoms with Crippen molar-refractivity contribution in [2.24, 2.45) is 15.7 Å². The predicted octanol–water partition coefficient (Wildman–Crippen LogP) is 5.97. The van der Waals surface area contributed by atoms with Gasteiger partial charge in [0.2, 0.25) is 0 Å². The van der Waals surface area contributed by atoms with Crippen LogP contribution in [-0.2, 0) is 6.42 Å². The van der Waals surface area contributed by atoms with E-state index in [9.17, 15) is 0 Å². The standard InChI is InChI=1S/C38H39FN5OP/c39-46(33-16-7-2-8-17-33,34-18-9-3-10-19-34,35-20-11-4-12-21-35)29-13-28-45-32-24-22-31(23-25-32)36-42-37(40)44-38(43-36)41-27-26-30-14-5-1-6-15-30/h1-12,14-25,36H,13,26-29H2,(H4,40,41,42,43,44). The molecular formula is C38H39FN5OP. The first kappa shape index (κ1) is 31.0. The molecule has 1 aliphatic heterocycles. The van der Waals surface area contributed by atoms with Crippen molar-refractivity contribution < 1.29 is 8.93 Å². The molecule has 1 heterocycles. The second kappa shape index (κ2) is 14.0. The van der Waals surface area contributed by atoms with Crippen LogP contribution < -0.4 is 37.0 Å². The Balaban J connectivity index is 1.13. The molecule has 1 atom stereocenters. The molecule has 0 aliphatic carbocycles. The van der Waals surface area contributed by atoms with Crippen molar-refractivity contribution >= 4 is 34.7 Å². The predicted molar refractivity (Wildman–Crippen MR) is 191 cm³/mol. The van der Waals surface area contributed by atoms with Crippen LogP contribution >= 0.6 is 6.91 Å². The molecule has 5 aromatic carbocycles. The zero-order valence-corrected chi connectivity index (χ0v) is 26.6. The fourth-order valence-corrected chi connectivity index (χ4v) is 10.8. The Morgan fingerprint density at radius 3 is 1.78 bits per heavy atom. The van der Waals surface area contributed by atoms with Crippen molar-refractivity contribution in [1.82, 2.24) is 10.6 Å². The number of rotatable bonds is 12. The average Bonchev–Trinajstić information content (AvgIpc) is 3.12. The normalized spacial score (nSPS) is 16.4. The van der Waals surface area contributed by atoms with Crippen molar-refractivity contribution in [3.05, 3.63) is 157 Å². The van der Waals surface area contributed by atoms with Crippen LogP contribution in [0.5, 0.6) is 5.75 Å². The van der Waals surface area contributed by atoms with E-state index in [0.29, 0.717) is 43.4 Å². The molecule has 6 nitrogen and oxygen atoms in total. The number of ether oxygens (including phenoxy) is 1. The monoisotopic (exact) mass is 631 g/mol. The molecule has 8 heteroatoms. The zero-order chi connectivity index (χ0) is 31.7. The van der Waals surface area contributed by atoms with E-state index in [2.05, 4.69) is 32.8 Å². The first-order valence-corrected chi connectivity index (χ1v) is 17.9. The van der Waals surface area contributed by atoms with Gasteiger partial charge in [0, 0.05) is 6.54 Å². The van der Waals surface area contributed by atoms with Crippen molar-refractivity contribution in [3.63, 3.8) is 0 Å². The third-order valence-electron chi connectivity index (χ3n) is 8.37. The SMILES string of the molecule is NC1=NC(c2ccc(OCCCP(F)(c3ccccc3)(c3ccccc3)c3ccccc3)cc2)NC(=NCCc2ccccc2)N1. The minimum atomic E-state index is -4.29. The van der Waals surface area contributed by atoms with Gasteiger partial charge in [-0.05, 0) is 12.0 Å². The van der Waals surface area contributed by atoms with Gasteiger partial charge in [0.05, 0.1) is 0 Å². The van der Waals surface area contributed by atoms with Crippen LogP contribution in [0.25, 0.3) is 0 Å². The molecule has 0 aromatic heterocycles. The summed E-state index contributed by atoms with van der Waals surface area (Å²) in [5, 5.41) is 8.52. The molecule has 5 aromatic rings. The summed E-state index contributed by atoms with van der Waals surface area (Å²) >= 11 is 0. The van der Waals surface area contributed by atoms with Gasteiger partial charge in [0.1, 0.15) is 0 Å². The number of benzene rings is 5. The summed E-state index contributed by atoms with van der Waals surface area (Å²) in [7, 11) is 0. The van der Waals surface area contributed by atoms with Crippen LogP contribution in [0.1, 0.15) is 23.7 Å². The number of hydrogen-bond donors (Lipinski definition) is 3. The summed E-state index contributed by atoms with van der Waals surface area (Å²) in [6, 6.07) is 46.9. The van der Waals surface area contributed by atoms with Gasteiger partial charge in [-0.3, -0.25) is 0 Å². The van der Waals surface area contributed by atoms with Crippen molar-refractivity contribution in [3.8, 4) is 5.75 Å². The second-order valence-corrected chi connectivity index (χ2v) is 15.7. The number of hydrogen-bond acceptors (Lipinski definition) is 4. The van der Waals surface area contributed by atoms with Crippen LogP contribution in [0, 0.1) is 0 Å². The third kappa shape index (κ3) is 6.65.